The van der Waals surface area contributed by atoms with E-state index in [2.05, 4.69) is 12.1 Å². The summed E-state index contributed by atoms with van der Waals surface area (Å²) in [6, 6.07) is 15.9. The first kappa shape index (κ1) is 13.2. The highest BCUT2D eigenvalue weighted by molar-refractivity contribution is 8.00. The minimum Gasteiger partial charge on any atom is -0.316 e. The lowest BCUT2D eigenvalue weighted by molar-refractivity contribution is 0.0716. The van der Waals surface area contributed by atoms with E-state index in [9.17, 15) is 4.79 Å². The number of fused-ring (bicyclic) bond motifs is 3. The van der Waals surface area contributed by atoms with Gasteiger partial charge in [0.15, 0.2) is 0 Å². The summed E-state index contributed by atoms with van der Waals surface area (Å²) >= 11 is 8.05. The van der Waals surface area contributed by atoms with Gasteiger partial charge in [0.2, 0.25) is 0 Å². The van der Waals surface area contributed by atoms with Crippen molar-refractivity contribution in [2.75, 3.05) is 12.3 Å². The van der Waals surface area contributed by atoms with Gasteiger partial charge in [-0.1, -0.05) is 41.9 Å². The maximum Gasteiger partial charge on any atom is 0.255 e. The number of benzene rings is 2. The molecule has 1 atom stereocenters. The third kappa shape index (κ3) is 1.77. The number of hydrogen-bond donors (Lipinski definition) is 0. The second-order valence-electron chi connectivity index (χ2n) is 5.36. The number of amides is 1. The van der Waals surface area contributed by atoms with Crippen molar-refractivity contribution in [1.29, 1.82) is 0 Å². The van der Waals surface area contributed by atoms with Crippen LogP contribution in [0, 0.1) is 0 Å². The molecular weight excluding hydrogens is 302 g/mol. The number of carbonyl (C=O) groups is 1. The first-order valence-electron chi connectivity index (χ1n) is 7.05. The Balaban J connectivity index is 2.02. The fourth-order valence-electron chi connectivity index (χ4n) is 3.33. The summed E-state index contributed by atoms with van der Waals surface area (Å²) in [5, 5.41) is 0.685. The van der Waals surface area contributed by atoms with Gasteiger partial charge in [0.25, 0.3) is 5.91 Å². The summed E-state index contributed by atoms with van der Waals surface area (Å²) in [5.41, 5.74) is 2.98. The van der Waals surface area contributed by atoms with Crippen LogP contribution >= 0.6 is 23.4 Å². The zero-order chi connectivity index (χ0) is 14.4. The highest BCUT2D eigenvalue weighted by atomic mass is 35.5. The Labute approximate surface area is 133 Å². The van der Waals surface area contributed by atoms with E-state index >= 15 is 0 Å². The van der Waals surface area contributed by atoms with Crippen molar-refractivity contribution in [1.82, 2.24) is 4.90 Å². The molecule has 0 bridgehead atoms. The molecule has 1 amide bonds. The van der Waals surface area contributed by atoms with Crippen LogP contribution in [0.1, 0.15) is 27.9 Å². The zero-order valence-corrected chi connectivity index (χ0v) is 13.0. The Morgan fingerprint density at radius 2 is 1.95 bits per heavy atom. The summed E-state index contributed by atoms with van der Waals surface area (Å²) in [7, 11) is 0. The van der Waals surface area contributed by atoms with E-state index in [-0.39, 0.29) is 5.91 Å². The van der Waals surface area contributed by atoms with Crippen LogP contribution in [0.3, 0.4) is 0 Å². The molecule has 2 nitrogen and oxygen atoms in total. The van der Waals surface area contributed by atoms with Crippen LogP contribution in [-0.2, 0) is 4.87 Å². The summed E-state index contributed by atoms with van der Waals surface area (Å²) in [4.78, 5) is 14.4. The van der Waals surface area contributed by atoms with Gasteiger partial charge in [0.05, 0.1) is 0 Å². The van der Waals surface area contributed by atoms with Crippen LogP contribution in [0.4, 0.5) is 0 Å². The maximum atomic E-state index is 12.8. The molecule has 2 heterocycles. The Morgan fingerprint density at radius 1 is 1.14 bits per heavy atom. The van der Waals surface area contributed by atoms with Gasteiger partial charge in [-0.15, -0.1) is 11.8 Å². The molecule has 2 aliphatic rings. The van der Waals surface area contributed by atoms with E-state index in [1.54, 1.807) is 6.07 Å². The van der Waals surface area contributed by atoms with E-state index in [0.29, 0.717) is 5.02 Å². The molecule has 1 unspecified atom stereocenters. The Morgan fingerprint density at radius 3 is 2.76 bits per heavy atom. The van der Waals surface area contributed by atoms with Crippen molar-refractivity contribution >= 4 is 29.3 Å². The van der Waals surface area contributed by atoms with Crippen molar-refractivity contribution in [3.05, 3.63) is 70.2 Å². The lowest BCUT2D eigenvalue weighted by Crippen LogP contribution is -2.45. The highest BCUT2D eigenvalue weighted by Gasteiger charge is 2.52. The molecule has 4 heteroatoms. The summed E-state index contributed by atoms with van der Waals surface area (Å²) in [6.45, 7) is 0.799. The second-order valence-corrected chi connectivity index (χ2v) is 7.08. The van der Waals surface area contributed by atoms with Crippen LogP contribution in [-0.4, -0.2) is 23.1 Å². The van der Waals surface area contributed by atoms with Gasteiger partial charge < -0.3 is 4.90 Å². The van der Waals surface area contributed by atoms with Crippen molar-refractivity contribution in [2.24, 2.45) is 0 Å². The number of rotatable bonds is 1. The number of nitrogens with zero attached hydrogens (tertiary/aromatic N) is 1. The van der Waals surface area contributed by atoms with E-state index in [4.69, 9.17) is 11.6 Å². The first-order valence-corrected chi connectivity index (χ1v) is 8.41. The van der Waals surface area contributed by atoms with Gasteiger partial charge in [-0.25, -0.2) is 0 Å². The second kappa shape index (κ2) is 4.79. The van der Waals surface area contributed by atoms with E-state index in [1.165, 1.54) is 0 Å². The van der Waals surface area contributed by atoms with Crippen LogP contribution in [0.5, 0.6) is 0 Å². The lowest BCUT2D eigenvalue weighted by Gasteiger charge is -2.42. The van der Waals surface area contributed by atoms with Crippen LogP contribution in [0.25, 0.3) is 0 Å². The molecule has 2 aromatic rings. The minimum absolute atomic E-state index is 0.123. The fraction of sp³-hybridized carbons (Fsp3) is 0.235. The maximum absolute atomic E-state index is 12.8. The van der Waals surface area contributed by atoms with Crippen molar-refractivity contribution in [3.63, 3.8) is 0 Å². The highest BCUT2D eigenvalue weighted by Crippen LogP contribution is 2.54. The van der Waals surface area contributed by atoms with Crippen LogP contribution < -0.4 is 0 Å². The topological polar surface area (TPSA) is 20.3 Å². The summed E-state index contributed by atoms with van der Waals surface area (Å²) < 4.78 is 0. The Kier molecular flexibility index (Phi) is 3.02. The van der Waals surface area contributed by atoms with Crippen LogP contribution in [0.2, 0.25) is 5.02 Å². The molecule has 0 radical (unpaired) electrons. The van der Waals surface area contributed by atoms with Crippen molar-refractivity contribution < 1.29 is 4.79 Å². The van der Waals surface area contributed by atoms with Crippen LogP contribution in [0.15, 0.2) is 48.5 Å². The predicted octanol–water partition coefficient (Wildman–Crippen LogP) is 4.13. The molecule has 0 aliphatic carbocycles. The molecule has 0 spiro atoms. The zero-order valence-electron chi connectivity index (χ0n) is 11.4. The smallest absolute Gasteiger partial charge is 0.255 e. The number of thioether (sulfide) groups is 1. The van der Waals surface area contributed by atoms with E-state index < -0.39 is 4.87 Å². The van der Waals surface area contributed by atoms with E-state index in [0.717, 1.165) is 35.4 Å². The number of halogens is 1. The molecule has 0 N–H and O–H groups in total. The fourth-order valence-corrected chi connectivity index (χ4v) is 5.03. The molecule has 21 heavy (non-hydrogen) atoms. The van der Waals surface area contributed by atoms with Gasteiger partial charge in [-0.3, -0.25) is 4.79 Å². The average molecular weight is 316 g/mol. The van der Waals surface area contributed by atoms with Gasteiger partial charge >= 0.3 is 0 Å². The predicted molar refractivity (Wildman–Crippen MR) is 86.8 cm³/mol. The van der Waals surface area contributed by atoms with E-state index in [1.807, 2.05) is 47.0 Å². The van der Waals surface area contributed by atoms with Gasteiger partial charge in [0, 0.05) is 22.7 Å². The monoisotopic (exact) mass is 315 g/mol. The Bertz CT molecular complexity index is 718. The molecule has 106 valence electrons. The third-order valence-corrected chi connectivity index (χ3v) is 6.03. The molecule has 0 aromatic heterocycles. The standard InChI is InChI=1S/C17H14ClNOS/c18-13-7-8-14-15(11-13)17(12-5-2-1-3-6-12)19(16(14)20)9-4-10-21-17/h1-3,5-8,11H,4,9-10H2. The van der Waals surface area contributed by atoms with Crippen molar-refractivity contribution in [2.45, 2.75) is 11.3 Å². The molecule has 2 aromatic carbocycles. The molecule has 1 saturated heterocycles. The summed E-state index contributed by atoms with van der Waals surface area (Å²) in [5.74, 6) is 1.17. The molecule has 4 rings (SSSR count). The quantitative estimate of drug-likeness (QED) is 0.788. The SMILES string of the molecule is O=C1c2ccc(Cl)cc2C2(c3ccccc3)SCCCN12. The van der Waals surface area contributed by atoms with Gasteiger partial charge in [-0.2, -0.15) is 0 Å². The average Bonchev–Trinajstić information content (AvgIpc) is 2.79. The van der Waals surface area contributed by atoms with Gasteiger partial charge in [0.1, 0.15) is 4.87 Å². The Hall–Kier alpha value is -1.45. The number of carbonyl (C=O) groups excluding carboxylic acids is 1. The first-order chi connectivity index (χ1) is 10.2. The lowest BCUT2D eigenvalue weighted by atomic mass is 9.97. The molecular formula is C17H14ClNOS. The number of hydrogen-bond acceptors (Lipinski definition) is 2. The van der Waals surface area contributed by atoms with Crippen molar-refractivity contribution in [3.8, 4) is 0 Å². The third-order valence-electron chi connectivity index (χ3n) is 4.20. The molecule has 1 fully saturated rings. The summed E-state index contributed by atoms with van der Waals surface area (Å²) in [6.07, 6.45) is 1.03. The van der Waals surface area contributed by atoms with Gasteiger partial charge in [-0.05, 0) is 35.9 Å². The molecule has 0 saturated carbocycles. The molecule has 2 aliphatic heterocycles. The normalized spacial score (nSPS) is 23.9. The largest absolute Gasteiger partial charge is 0.316 e. The minimum atomic E-state index is -0.406.